The van der Waals surface area contributed by atoms with Gasteiger partial charge < -0.3 is 10.1 Å². The molecule has 1 aromatic heterocycles. The van der Waals surface area contributed by atoms with Gasteiger partial charge in [0.15, 0.2) is 0 Å². The maximum Gasteiger partial charge on any atom is 0.141 e. The summed E-state index contributed by atoms with van der Waals surface area (Å²) in [6.07, 6.45) is 1.78. The molecule has 0 aliphatic rings. The minimum absolute atomic E-state index is 0.493. The second-order valence-corrected chi connectivity index (χ2v) is 5.23. The van der Waals surface area contributed by atoms with E-state index in [1.807, 2.05) is 19.1 Å². The summed E-state index contributed by atoms with van der Waals surface area (Å²) < 4.78 is 5.82. The van der Waals surface area contributed by atoms with Crippen LogP contribution in [0.5, 0.6) is 5.75 Å². The van der Waals surface area contributed by atoms with E-state index in [0.717, 1.165) is 18.0 Å². The molecule has 0 spiro atoms. The topological polar surface area (TPSA) is 34.1 Å². The van der Waals surface area contributed by atoms with Crippen LogP contribution in [-0.4, -0.2) is 11.0 Å². The summed E-state index contributed by atoms with van der Waals surface area (Å²) in [5.41, 5.74) is 3.38. The van der Waals surface area contributed by atoms with Gasteiger partial charge in [-0.2, -0.15) is 0 Å². The summed E-state index contributed by atoms with van der Waals surface area (Å²) in [7, 11) is 0. The third-order valence-electron chi connectivity index (χ3n) is 3.06. The van der Waals surface area contributed by atoms with Crippen molar-refractivity contribution in [2.75, 3.05) is 0 Å². The molecule has 0 atom stereocenters. The van der Waals surface area contributed by atoms with Crippen molar-refractivity contribution >= 4 is 0 Å². The monoisotopic (exact) mass is 270 g/mol. The molecule has 106 valence electrons. The maximum atomic E-state index is 5.82. The van der Waals surface area contributed by atoms with Gasteiger partial charge in [-0.25, -0.2) is 0 Å². The van der Waals surface area contributed by atoms with E-state index in [0.29, 0.717) is 12.6 Å². The van der Waals surface area contributed by atoms with Crippen LogP contribution < -0.4 is 10.1 Å². The van der Waals surface area contributed by atoms with Gasteiger partial charge in [-0.05, 0) is 30.2 Å². The van der Waals surface area contributed by atoms with Crippen LogP contribution in [0, 0.1) is 6.92 Å². The summed E-state index contributed by atoms with van der Waals surface area (Å²) in [5.74, 6) is 0.846. The Bertz CT molecular complexity index is 552. The highest BCUT2D eigenvalue weighted by molar-refractivity contribution is 5.27. The van der Waals surface area contributed by atoms with Crippen LogP contribution >= 0.6 is 0 Å². The second kappa shape index (κ2) is 7.06. The molecule has 2 aromatic rings. The summed E-state index contributed by atoms with van der Waals surface area (Å²) in [6, 6.07) is 12.8. The van der Waals surface area contributed by atoms with Crippen molar-refractivity contribution in [1.82, 2.24) is 10.3 Å². The Morgan fingerprint density at radius 2 is 1.95 bits per heavy atom. The van der Waals surface area contributed by atoms with Crippen LogP contribution in [0.25, 0.3) is 0 Å². The predicted molar refractivity (Wildman–Crippen MR) is 81.7 cm³/mol. The van der Waals surface area contributed by atoms with Crippen LogP contribution in [0.15, 0.2) is 42.6 Å². The molecular weight excluding hydrogens is 248 g/mol. The molecule has 3 nitrogen and oxygen atoms in total. The van der Waals surface area contributed by atoms with E-state index in [1.165, 1.54) is 11.1 Å². The Labute approximate surface area is 121 Å². The van der Waals surface area contributed by atoms with Crippen molar-refractivity contribution in [3.8, 4) is 5.75 Å². The first-order chi connectivity index (χ1) is 9.65. The molecular formula is C17H22N2O. The number of pyridine rings is 1. The normalized spacial score (nSPS) is 10.8. The molecule has 2 rings (SSSR count). The van der Waals surface area contributed by atoms with Crippen LogP contribution in [0.4, 0.5) is 0 Å². The Morgan fingerprint density at radius 1 is 1.15 bits per heavy atom. The zero-order valence-corrected chi connectivity index (χ0v) is 12.4. The number of hydrogen-bond donors (Lipinski definition) is 1. The Hall–Kier alpha value is -1.87. The van der Waals surface area contributed by atoms with Crippen LogP contribution in [0.1, 0.15) is 30.7 Å². The average molecular weight is 270 g/mol. The van der Waals surface area contributed by atoms with Gasteiger partial charge in [0, 0.05) is 18.8 Å². The van der Waals surface area contributed by atoms with E-state index in [2.05, 4.69) is 48.4 Å². The van der Waals surface area contributed by atoms with Crippen LogP contribution in [0.3, 0.4) is 0 Å². The van der Waals surface area contributed by atoms with Gasteiger partial charge in [-0.1, -0.05) is 38.1 Å². The van der Waals surface area contributed by atoms with Gasteiger partial charge in [0.2, 0.25) is 0 Å². The Balaban J connectivity index is 1.96. The lowest BCUT2D eigenvalue weighted by Gasteiger charge is -2.11. The maximum absolute atomic E-state index is 5.82. The molecule has 0 amide bonds. The molecule has 0 aliphatic heterocycles. The first-order valence-corrected chi connectivity index (χ1v) is 7.01. The fraction of sp³-hybridized carbons (Fsp3) is 0.353. The van der Waals surface area contributed by atoms with Gasteiger partial charge in [0.1, 0.15) is 12.4 Å². The van der Waals surface area contributed by atoms with E-state index in [-0.39, 0.29) is 0 Å². The summed E-state index contributed by atoms with van der Waals surface area (Å²) >= 11 is 0. The molecule has 0 bridgehead atoms. The number of ether oxygens (including phenoxy) is 1. The lowest BCUT2D eigenvalue weighted by molar-refractivity contribution is 0.302. The number of nitrogens with zero attached hydrogens (tertiary/aromatic N) is 1. The van der Waals surface area contributed by atoms with E-state index < -0.39 is 0 Å². The number of nitrogens with one attached hydrogen (secondary N) is 1. The molecule has 0 radical (unpaired) electrons. The number of rotatable bonds is 6. The zero-order chi connectivity index (χ0) is 14.4. The second-order valence-electron chi connectivity index (χ2n) is 5.23. The summed E-state index contributed by atoms with van der Waals surface area (Å²) in [5, 5.41) is 3.42. The molecule has 3 heteroatoms. The Morgan fingerprint density at radius 3 is 2.70 bits per heavy atom. The van der Waals surface area contributed by atoms with Crippen molar-refractivity contribution in [1.29, 1.82) is 0 Å². The molecule has 0 saturated heterocycles. The molecule has 0 saturated carbocycles. The van der Waals surface area contributed by atoms with E-state index in [1.54, 1.807) is 6.20 Å². The summed E-state index contributed by atoms with van der Waals surface area (Å²) in [4.78, 5) is 4.22. The largest absolute Gasteiger partial charge is 0.487 e. The molecule has 0 aliphatic carbocycles. The first kappa shape index (κ1) is 14.5. The lowest BCUT2D eigenvalue weighted by atomic mass is 10.1. The third-order valence-corrected chi connectivity index (χ3v) is 3.06. The van der Waals surface area contributed by atoms with Gasteiger partial charge in [-0.15, -0.1) is 0 Å². The smallest absolute Gasteiger partial charge is 0.141 e. The zero-order valence-electron chi connectivity index (χ0n) is 12.4. The lowest BCUT2D eigenvalue weighted by Crippen LogP contribution is -2.21. The highest BCUT2D eigenvalue weighted by Gasteiger charge is 2.01. The summed E-state index contributed by atoms with van der Waals surface area (Å²) in [6.45, 7) is 7.72. The quantitative estimate of drug-likeness (QED) is 0.872. The number of aromatic nitrogens is 1. The SMILES string of the molecule is Cc1ncccc1OCc1cccc(CNC(C)C)c1. The molecule has 0 unspecified atom stereocenters. The molecule has 1 aromatic carbocycles. The average Bonchev–Trinajstić information content (AvgIpc) is 2.45. The minimum atomic E-state index is 0.493. The Kier molecular flexibility index (Phi) is 5.13. The fourth-order valence-electron chi connectivity index (χ4n) is 1.93. The molecule has 1 N–H and O–H groups in total. The molecule has 1 heterocycles. The van der Waals surface area contributed by atoms with Gasteiger partial charge in [0.05, 0.1) is 5.69 Å². The van der Waals surface area contributed by atoms with Crippen molar-refractivity contribution in [2.24, 2.45) is 0 Å². The van der Waals surface area contributed by atoms with E-state index >= 15 is 0 Å². The predicted octanol–water partition coefficient (Wildman–Crippen LogP) is 3.47. The molecule has 20 heavy (non-hydrogen) atoms. The van der Waals surface area contributed by atoms with Gasteiger partial charge >= 0.3 is 0 Å². The number of benzene rings is 1. The van der Waals surface area contributed by atoms with E-state index in [4.69, 9.17) is 4.74 Å². The van der Waals surface area contributed by atoms with Crippen LogP contribution in [0.2, 0.25) is 0 Å². The highest BCUT2D eigenvalue weighted by Crippen LogP contribution is 2.16. The van der Waals surface area contributed by atoms with Crippen LogP contribution in [-0.2, 0) is 13.2 Å². The van der Waals surface area contributed by atoms with Crippen molar-refractivity contribution in [2.45, 2.75) is 40.0 Å². The van der Waals surface area contributed by atoms with Crippen molar-refractivity contribution in [3.63, 3.8) is 0 Å². The van der Waals surface area contributed by atoms with Crippen molar-refractivity contribution in [3.05, 3.63) is 59.4 Å². The molecule has 0 fully saturated rings. The first-order valence-electron chi connectivity index (χ1n) is 7.01. The number of aryl methyl sites for hydroxylation is 1. The highest BCUT2D eigenvalue weighted by atomic mass is 16.5. The van der Waals surface area contributed by atoms with Gasteiger partial charge in [-0.3, -0.25) is 4.98 Å². The van der Waals surface area contributed by atoms with Gasteiger partial charge in [0.25, 0.3) is 0 Å². The standard InChI is InChI=1S/C17H22N2O/c1-13(2)19-11-15-6-4-7-16(10-15)12-20-17-8-5-9-18-14(17)3/h4-10,13,19H,11-12H2,1-3H3. The van der Waals surface area contributed by atoms with Crippen molar-refractivity contribution < 1.29 is 4.74 Å². The number of hydrogen-bond acceptors (Lipinski definition) is 3. The minimum Gasteiger partial charge on any atom is -0.487 e. The third kappa shape index (κ3) is 4.35. The van der Waals surface area contributed by atoms with E-state index in [9.17, 15) is 0 Å². The fourth-order valence-corrected chi connectivity index (χ4v) is 1.93.